The normalized spacial score (nSPS) is 26.2. The number of anilines is 4. The van der Waals surface area contributed by atoms with Crippen molar-refractivity contribution in [3.8, 4) is 5.75 Å². The highest BCUT2D eigenvalue weighted by atomic mass is 16.5. The molecule has 2 saturated carbocycles. The molecular weight excluding hydrogens is 594 g/mol. The Bertz CT molecular complexity index is 1430. The summed E-state index contributed by atoms with van der Waals surface area (Å²) in [5.41, 5.74) is 2.10. The predicted octanol–water partition coefficient (Wildman–Crippen LogP) is 4.25. The number of methoxy groups -OCH3 is 1. The lowest BCUT2D eigenvalue weighted by atomic mass is 9.89. The summed E-state index contributed by atoms with van der Waals surface area (Å²) in [5, 5.41) is 6.70. The fraction of sp³-hybridized carbons (Fsp3) is 0.639. The number of benzene rings is 1. The third-order valence-corrected chi connectivity index (χ3v) is 11.0. The van der Waals surface area contributed by atoms with Crippen LogP contribution in [0.3, 0.4) is 0 Å². The van der Waals surface area contributed by atoms with Gasteiger partial charge in [-0.25, -0.2) is 4.98 Å². The summed E-state index contributed by atoms with van der Waals surface area (Å²) in [6, 6.07) is 10.1. The molecule has 0 spiro atoms. The number of ether oxygens (including phenoxy) is 2. The van der Waals surface area contributed by atoms with Gasteiger partial charge in [-0.1, -0.05) is 0 Å². The highest BCUT2D eigenvalue weighted by Gasteiger charge is 2.39. The third-order valence-electron chi connectivity index (χ3n) is 11.0. The largest absolute Gasteiger partial charge is 0.495 e. The summed E-state index contributed by atoms with van der Waals surface area (Å²) in [6.45, 7) is 9.38. The molecule has 254 valence electrons. The molecule has 2 N–H and O–H groups in total. The zero-order chi connectivity index (χ0) is 32.5. The number of hydrogen-bond donors (Lipinski definition) is 2. The standard InChI is InChI=1S/C36H51N7O4/c1-24-36(45)40(2)31-12-13-33(39-34(31)43(24)29-14-20-47-21-15-29)38-30-11-6-26(22-32(30)46-3)35(44)37-27-7-9-28(10-8-27)42-18-16-41(17-19-42)23-25-4-5-25/h6,11-13,22,24-25,27-29H,4-5,7-10,14-21,23H2,1-3H3,(H,37,44)(H,38,39)/t24-,27?,28?/m1/s1. The molecule has 2 aromatic rings. The second-order valence-electron chi connectivity index (χ2n) is 14.2. The molecular formula is C36H51N7O4. The van der Waals surface area contributed by atoms with Crippen molar-refractivity contribution in [1.29, 1.82) is 0 Å². The fourth-order valence-corrected chi connectivity index (χ4v) is 8.02. The van der Waals surface area contributed by atoms with Gasteiger partial charge in [0.05, 0.1) is 18.5 Å². The van der Waals surface area contributed by atoms with Crippen LogP contribution in [0.2, 0.25) is 0 Å². The van der Waals surface area contributed by atoms with E-state index in [0.29, 0.717) is 36.4 Å². The number of carbonyl (C=O) groups excluding carboxylic acids is 2. The molecule has 3 aliphatic heterocycles. The molecule has 5 aliphatic rings. The van der Waals surface area contributed by atoms with Gasteiger partial charge in [-0.3, -0.25) is 14.5 Å². The van der Waals surface area contributed by atoms with Gasteiger partial charge in [-0.15, -0.1) is 0 Å². The zero-order valence-electron chi connectivity index (χ0n) is 28.2. The first-order valence-electron chi connectivity index (χ1n) is 17.7. The molecule has 1 atom stereocenters. The fourth-order valence-electron chi connectivity index (χ4n) is 8.02. The molecule has 1 aromatic heterocycles. The van der Waals surface area contributed by atoms with Crippen LogP contribution in [-0.4, -0.2) is 111 Å². The number of amides is 2. The van der Waals surface area contributed by atoms with E-state index in [0.717, 1.165) is 61.6 Å². The van der Waals surface area contributed by atoms with Crippen molar-refractivity contribution in [2.45, 2.75) is 82.5 Å². The maximum absolute atomic E-state index is 13.3. The first kappa shape index (κ1) is 32.2. The first-order chi connectivity index (χ1) is 22.9. The van der Waals surface area contributed by atoms with Crippen LogP contribution < -0.4 is 25.2 Å². The van der Waals surface area contributed by atoms with Crippen LogP contribution in [0.15, 0.2) is 30.3 Å². The number of aromatic nitrogens is 1. The van der Waals surface area contributed by atoms with E-state index >= 15 is 0 Å². The quantitative estimate of drug-likeness (QED) is 0.415. The number of carbonyl (C=O) groups is 2. The number of rotatable bonds is 9. The lowest BCUT2D eigenvalue weighted by Crippen LogP contribution is -2.56. The van der Waals surface area contributed by atoms with E-state index < -0.39 is 0 Å². The number of likely N-dealkylation sites (N-methyl/N-ethyl adjacent to an activating group) is 1. The molecule has 47 heavy (non-hydrogen) atoms. The van der Waals surface area contributed by atoms with Crippen molar-refractivity contribution >= 4 is 34.8 Å². The van der Waals surface area contributed by atoms with Gasteiger partial charge >= 0.3 is 0 Å². The second-order valence-corrected chi connectivity index (χ2v) is 14.2. The molecule has 2 amide bonds. The Morgan fingerprint density at radius 1 is 0.957 bits per heavy atom. The number of nitrogens with zero attached hydrogens (tertiary/aromatic N) is 5. The van der Waals surface area contributed by atoms with Crippen LogP contribution in [0, 0.1) is 5.92 Å². The summed E-state index contributed by atoms with van der Waals surface area (Å²) in [4.78, 5) is 40.6. The molecule has 1 aromatic carbocycles. The maximum atomic E-state index is 13.3. The number of nitrogens with one attached hydrogen (secondary N) is 2. The molecule has 11 nitrogen and oxygen atoms in total. The molecule has 2 aliphatic carbocycles. The molecule has 2 saturated heterocycles. The van der Waals surface area contributed by atoms with Crippen molar-refractivity contribution in [3.63, 3.8) is 0 Å². The summed E-state index contributed by atoms with van der Waals surface area (Å²) in [6.07, 6.45) is 8.88. The van der Waals surface area contributed by atoms with Crippen molar-refractivity contribution in [1.82, 2.24) is 20.1 Å². The van der Waals surface area contributed by atoms with E-state index in [2.05, 4.69) is 25.3 Å². The Morgan fingerprint density at radius 3 is 2.40 bits per heavy atom. The average Bonchev–Trinajstić information content (AvgIpc) is 3.93. The van der Waals surface area contributed by atoms with Gasteiger partial charge in [-0.2, -0.15) is 0 Å². The van der Waals surface area contributed by atoms with Crippen LogP contribution in [0.4, 0.5) is 23.0 Å². The van der Waals surface area contributed by atoms with Gasteiger partial charge in [0.1, 0.15) is 17.6 Å². The van der Waals surface area contributed by atoms with Crippen LogP contribution in [0.1, 0.15) is 68.6 Å². The SMILES string of the molecule is COc1cc(C(=O)NC2CCC(N3CCN(CC4CC4)CC3)CC2)ccc1Nc1ccc2c(n1)N(C1CCOCC1)[C@H](C)C(=O)N2C. The smallest absolute Gasteiger partial charge is 0.251 e. The zero-order valence-corrected chi connectivity index (χ0v) is 28.2. The minimum absolute atomic E-state index is 0.0623. The lowest BCUT2D eigenvalue weighted by Gasteiger charge is -2.44. The summed E-state index contributed by atoms with van der Waals surface area (Å²) < 4.78 is 11.3. The summed E-state index contributed by atoms with van der Waals surface area (Å²) in [7, 11) is 3.43. The van der Waals surface area contributed by atoms with Gasteiger partial charge in [0.15, 0.2) is 5.82 Å². The van der Waals surface area contributed by atoms with E-state index in [-0.39, 0.29) is 29.9 Å². The molecule has 7 rings (SSSR count). The van der Waals surface area contributed by atoms with Crippen molar-refractivity contribution < 1.29 is 19.1 Å². The van der Waals surface area contributed by atoms with Gasteiger partial charge in [0.25, 0.3) is 5.91 Å². The molecule has 0 radical (unpaired) electrons. The van der Waals surface area contributed by atoms with Crippen LogP contribution in [0.5, 0.6) is 5.75 Å². The number of fused-ring (bicyclic) bond motifs is 1. The van der Waals surface area contributed by atoms with E-state index in [9.17, 15) is 9.59 Å². The minimum Gasteiger partial charge on any atom is -0.495 e. The maximum Gasteiger partial charge on any atom is 0.251 e. The van der Waals surface area contributed by atoms with Gasteiger partial charge in [0, 0.05) is 76.7 Å². The average molecular weight is 646 g/mol. The van der Waals surface area contributed by atoms with E-state index in [1.165, 1.54) is 45.6 Å². The topological polar surface area (TPSA) is 103 Å². The van der Waals surface area contributed by atoms with Crippen molar-refractivity contribution in [3.05, 3.63) is 35.9 Å². The summed E-state index contributed by atoms with van der Waals surface area (Å²) in [5.74, 6) is 2.97. The van der Waals surface area contributed by atoms with Crippen molar-refractivity contribution in [2.75, 3.05) is 75.2 Å². The molecule has 0 bridgehead atoms. The molecule has 11 heteroatoms. The summed E-state index contributed by atoms with van der Waals surface area (Å²) >= 11 is 0. The number of piperazine rings is 1. The minimum atomic E-state index is -0.312. The predicted molar refractivity (Wildman–Crippen MR) is 184 cm³/mol. The van der Waals surface area contributed by atoms with Gasteiger partial charge < -0.3 is 34.8 Å². The Balaban J connectivity index is 0.968. The number of hydrogen-bond acceptors (Lipinski definition) is 9. The lowest BCUT2D eigenvalue weighted by molar-refractivity contribution is -0.119. The third kappa shape index (κ3) is 7.07. The number of pyridine rings is 1. The second kappa shape index (κ2) is 14.0. The first-order valence-corrected chi connectivity index (χ1v) is 17.7. The van der Waals surface area contributed by atoms with Gasteiger partial charge in [-0.05, 0) is 94.5 Å². The van der Waals surface area contributed by atoms with E-state index in [4.69, 9.17) is 14.5 Å². The molecule has 4 heterocycles. The van der Waals surface area contributed by atoms with Gasteiger partial charge in [0.2, 0.25) is 5.91 Å². The molecule has 0 unspecified atom stereocenters. The van der Waals surface area contributed by atoms with Crippen molar-refractivity contribution in [2.24, 2.45) is 5.92 Å². The van der Waals surface area contributed by atoms with E-state index in [1.807, 2.05) is 38.2 Å². The van der Waals surface area contributed by atoms with Crippen LogP contribution in [-0.2, 0) is 9.53 Å². The van der Waals surface area contributed by atoms with E-state index in [1.54, 1.807) is 18.1 Å². The van der Waals surface area contributed by atoms with Crippen LogP contribution >= 0.6 is 0 Å². The Morgan fingerprint density at radius 2 is 1.70 bits per heavy atom. The highest BCUT2D eigenvalue weighted by Crippen LogP contribution is 2.39. The Labute approximate surface area is 278 Å². The Hall–Kier alpha value is -3.41. The highest BCUT2D eigenvalue weighted by molar-refractivity contribution is 6.04. The molecule has 4 fully saturated rings. The Kier molecular flexibility index (Phi) is 9.56. The van der Waals surface area contributed by atoms with Crippen LogP contribution in [0.25, 0.3) is 0 Å². The monoisotopic (exact) mass is 645 g/mol.